The Hall–Kier alpha value is -2.29. The van der Waals surface area contributed by atoms with Crippen LogP contribution in [-0.4, -0.2) is 66.2 Å². The van der Waals surface area contributed by atoms with Crippen molar-refractivity contribution in [1.29, 1.82) is 0 Å². The molecular weight excluding hydrogens is 659 g/mol. The Morgan fingerprint density at radius 1 is 0.596 bits per heavy atom. The highest BCUT2D eigenvalue weighted by Gasteiger charge is 2.56. The lowest BCUT2D eigenvalue weighted by atomic mass is 9.74. The maximum absolute atomic E-state index is 14.4. The predicted octanol–water partition coefficient (Wildman–Crippen LogP) is 3.01. The Labute approximate surface area is 306 Å². The second-order valence-electron chi connectivity index (χ2n) is 17.8. The smallest absolute Gasteiger partial charge is 0.338 e. The van der Waals surface area contributed by atoms with Gasteiger partial charge in [0.25, 0.3) is 0 Å². The van der Waals surface area contributed by atoms with Gasteiger partial charge in [0, 0.05) is 12.3 Å². The summed E-state index contributed by atoms with van der Waals surface area (Å²) in [6.07, 6.45) is 18.5. The molecule has 0 aromatic heterocycles. The van der Waals surface area contributed by atoms with Crippen molar-refractivity contribution in [3.8, 4) is 0 Å². The molecule has 1 aromatic carbocycles. The van der Waals surface area contributed by atoms with Crippen molar-refractivity contribution in [2.75, 3.05) is 0 Å². The van der Waals surface area contributed by atoms with E-state index in [1.54, 1.807) is 6.07 Å². The van der Waals surface area contributed by atoms with E-state index in [1.165, 1.54) is 89.2 Å². The molecule has 5 aliphatic heterocycles. The van der Waals surface area contributed by atoms with Crippen LogP contribution in [0.2, 0.25) is 0 Å². The maximum atomic E-state index is 14.4. The molecule has 5 heterocycles. The van der Waals surface area contributed by atoms with Crippen molar-refractivity contribution in [1.82, 2.24) is 42.5 Å². The van der Waals surface area contributed by atoms with Crippen LogP contribution in [-0.2, 0) is 11.2 Å². The van der Waals surface area contributed by atoms with E-state index in [1.807, 2.05) is 0 Å². The van der Waals surface area contributed by atoms with E-state index in [9.17, 15) is 19.1 Å². The predicted molar refractivity (Wildman–Crippen MR) is 193 cm³/mol. The first-order chi connectivity index (χ1) is 25.4. The molecule has 10 rings (SSSR count). The average molecular weight is 717 g/mol. The quantitative estimate of drug-likeness (QED) is 0.213. The molecule has 8 fully saturated rings. The summed E-state index contributed by atoms with van der Waals surface area (Å²) < 4.78 is 14.4. The minimum absolute atomic E-state index is 0.0826. The van der Waals surface area contributed by atoms with Crippen molar-refractivity contribution >= 4 is 11.8 Å². The number of benzene rings is 1. The summed E-state index contributed by atoms with van der Waals surface area (Å²) in [5, 5.41) is 42.4. The first-order valence-electron chi connectivity index (χ1n) is 20.7. The standard InChI is InChI=1S/C40H57FN8O3/c41-28-15-13-19(18-27(28)40(51)52)17-20-14-16-29(50)31-30(20)38-47-36-25-11-5-3-9-23(25)34(45-36)43-32-21-7-1-2-8-22(21)33(42-32)44-35-24-10-4-6-12-26(24)37(46-35)48-39(31)49-38/h13-15,18,21-26,30-39,42-49H,1-12,16-17H2,(H,51,52). The van der Waals surface area contributed by atoms with Crippen LogP contribution in [0.3, 0.4) is 0 Å². The van der Waals surface area contributed by atoms with Gasteiger partial charge in [-0.3, -0.25) is 47.3 Å². The number of carboxylic acid groups (broad SMARTS) is 1. The van der Waals surface area contributed by atoms with E-state index in [2.05, 4.69) is 48.6 Å². The number of carbonyl (C=O) groups is 2. The van der Waals surface area contributed by atoms with E-state index < -0.39 is 11.8 Å². The number of aromatic carboxylic acids is 1. The number of halogens is 1. The molecule has 52 heavy (non-hydrogen) atoms. The summed E-state index contributed by atoms with van der Waals surface area (Å²) in [5.41, 5.74) is 1.56. The molecule has 0 amide bonds. The zero-order valence-corrected chi connectivity index (χ0v) is 30.1. The van der Waals surface area contributed by atoms with Gasteiger partial charge in [-0.25, -0.2) is 9.18 Å². The second kappa shape index (κ2) is 13.8. The average Bonchev–Trinajstić information content (AvgIpc) is 3.89. The molecule has 5 saturated heterocycles. The number of carbonyl (C=O) groups excluding carboxylic acids is 1. The second-order valence-corrected chi connectivity index (χ2v) is 17.8. The van der Waals surface area contributed by atoms with Gasteiger partial charge in [-0.05, 0) is 98.1 Å². The number of hydrogen-bond acceptors (Lipinski definition) is 10. The number of nitrogens with one attached hydrogen (secondary N) is 8. The zero-order chi connectivity index (χ0) is 35.1. The molecule has 12 heteroatoms. The molecule has 3 saturated carbocycles. The molecule has 4 aliphatic carbocycles. The van der Waals surface area contributed by atoms with Crippen molar-refractivity contribution in [3.63, 3.8) is 0 Å². The minimum atomic E-state index is -1.27. The lowest BCUT2D eigenvalue weighted by molar-refractivity contribution is -0.124. The fourth-order valence-corrected chi connectivity index (χ4v) is 12.9. The van der Waals surface area contributed by atoms with E-state index in [0.29, 0.717) is 48.3 Å². The molecule has 1 aromatic rings. The van der Waals surface area contributed by atoms with Crippen LogP contribution in [0, 0.1) is 53.2 Å². The highest BCUT2D eigenvalue weighted by Crippen LogP contribution is 2.46. The number of Topliss-reactive ketones (excluding diaryl/α,β-unsaturated/α-hetero) is 1. The van der Waals surface area contributed by atoms with Crippen LogP contribution < -0.4 is 42.5 Å². The third-order valence-electron chi connectivity index (χ3n) is 15.2. The largest absolute Gasteiger partial charge is 0.478 e. The molecule has 9 N–H and O–H groups in total. The lowest BCUT2D eigenvalue weighted by Crippen LogP contribution is -2.62. The van der Waals surface area contributed by atoms with Gasteiger partial charge in [0.05, 0.1) is 60.8 Å². The van der Waals surface area contributed by atoms with Gasteiger partial charge >= 0.3 is 5.97 Å². The highest BCUT2D eigenvalue weighted by molar-refractivity contribution is 5.88. The number of ketones is 1. The van der Waals surface area contributed by atoms with Crippen molar-refractivity contribution in [3.05, 3.63) is 46.8 Å². The Morgan fingerprint density at radius 3 is 1.40 bits per heavy atom. The van der Waals surface area contributed by atoms with Crippen LogP contribution >= 0.6 is 0 Å². The van der Waals surface area contributed by atoms with Gasteiger partial charge in [-0.2, -0.15) is 0 Å². The minimum Gasteiger partial charge on any atom is -0.478 e. The molecule has 0 radical (unpaired) electrons. The number of rotatable bonds is 3. The topological polar surface area (TPSA) is 151 Å². The first-order valence-corrected chi connectivity index (χ1v) is 20.7. The SMILES string of the molecule is O=C(O)c1cc(CC2=CCC(=O)C3C4NC5NC(NC6NC(NC7NC(NC(N4)C23)C2CCCCC72)C2CCCCC62)C2CCCCC52)ccc1F. The summed E-state index contributed by atoms with van der Waals surface area (Å²) in [4.78, 5) is 25.9. The first kappa shape index (κ1) is 34.2. The summed E-state index contributed by atoms with van der Waals surface area (Å²) in [6, 6.07) is 4.41. The van der Waals surface area contributed by atoms with Gasteiger partial charge in [0.15, 0.2) is 0 Å². The number of carboxylic acids is 1. The van der Waals surface area contributed by atoms with Crippen LogP contribution in [0.4, 0.5) is 4.39 Å². The summed E-state index contributed by atoms with van der Waals surface area (Å²) in [6.45, 7) is 0. The van der Waals surface area contributed by atoms with Crippen LogP contribution in [0.25, 0.3) is 0 Å². The molecule has 8 bridgehead atoms. The number of fused-ring (bicyclic) bond motifs is 20. The molecular formula is C40H57FN8O3. The molecule has 16 unspecified atom stereocenters. The Bertz CT molecular complexity index is 1590. The summed E-state index contributed by atoms with van der Waals surface area (Å²) >= 11 is 0. The van der Waals surface area contributed by atoms with E-state index in [-0.39, 0.29) is 72.5 Å². The Morgan fingerprint density at radius 2 is 0.981 bits per heavy atom. The Kier molecular flexibility index (Phi) is 9.07. The van der Waals surface area contributed by atoms with E-state index >= 15 is 0 Å². The molecule has 282 valence electrons. The molecule has 16 atom stereocenters. The molecule has 0 spiro atoms. The summed E-state index contributed by atoms with van der Waals surface area (Å²) in [7, 11) is 0. The van der Waals surface area contributed by atoms with Gasteiger partial charge in [0.1, 0.15) is 11.6 Å². The van der Waals surface area contributed by atoms with Crippen LogP contribution in [0.5, 0.6) is 0 Å². The Balaban J connectivity index is 1.01. The van der Waals surface area contributed by atoms with Crippen LogP contribution in [0.1, 0.15) is 99.4 Å². The van der Waals surface area contributed by atoms with Crippen molar-refractivity contribution in [2.45, 2.75) is 139 Å². The number of allylic oxidation sites excluding steroid dienone is 1. The monoisotopic (exact) mass is 716 g/mol. The number of hydrogen-bond donors (Lipinski definition) is 9. The summed E-state index contributed by atoms with van der Waals surface area (Å²) in [5.74, 6) is 1.10. The molecule has 9 aliphatic rings. The van der Waals surface area contributed by atoms with Crippen LogP contribution in [0.15, 0.2) is 29.8 Å². The van der Waals surface area contributed by atoms with Gasteiger partial charge in [-0.15, -0.1) is 0 Å². The molecule has 11 nitrogen and oxygen atoms in total. The van der Waals surface area contributed by atoms with Gasteiger partial charge < -0.3 is 5.11 Å². The maximum Gasteiger partial charge on any atom is 0.338 e. The fraction of sp³-hybridized carbons (Fsp3) is 0.750. The van der Waals surface area contributed by atoms with E-state index in [4.69, 9.17) is 0 Å². The van der Waals surface area contributed by atoms with E-state index in [0.717, 1.165) is 11.1 Å². The normalized spacial score (nSPS) is 46.9. The van der Waals surface area contributed by atoms with Gasteiger partial charge in [-0.1, -0.05) is 56.2 Å². The van der Waals surface area contributed by atoms with Crippen molar-refractivity contribution < 1.29 is 19.1 Å². The van der Waals surface area contributed by atoms with Crippen molar-refractivity contribution in [2.24, 2.45) is 47.3 Å². The fourth-order valence-electron chi connectivity index (χ4n) is 12.9. The third-order valence-corrected chi connectivity index (χ3v) is 15.2. The third kappa shape index (κ3) is 5.91. The highest BCUT2D eigenvalue weighted by atomic mass is 19.1. The zero-order valence-electron chi connectivity index (χ0n) is 30.1. The van der Waals surface area contributed by atoms with Gasteiger partial charge in [0.2, 0.25) is 0 Å². The lowest BCUT2D eigenvalue weighted by Gasteiger charge is -2.35.